The van der Waals surface area contributed by atoms with Gasteiger partial charge in [-0.2, -0.15) is 0 Å². The molecular weight excluding hydrogens is 428 g/mol. The second kappa shape index (κ2) is 8.47. The zero-order chi connectivity index (χ0) is 23.0. The van der Waals surface area contributed by atoms with Gasteiger partial charge in [-0.25, -0.2) is 4.98 Å². The molecule has 1 atom stereocenters. The molecule has 164 valence electrons. The number of benzene rings is 2. The molecule has 1 unspecified atom stereocenters. The van der Waals surface area contributed by atoms with E-state index in [1.807, 2.05) is 13.8 Å². The first kappa shape index (κ1) is 21.6. The molecule has 1 aromatic heterocycles. The van der Waals surface area contributed by atoms with Crippen LogP contribution in [0.25, 0.3) is 5.76 Å². The number of rotatable bonds is 5. The lowest BCUT2D eigenvalue weighted by Gasteiger charge is -2.23. The summed E-state index contributed by atoms with van der Waals surface area (Å²) in [7, 11) is 3.09. The highest BCUT2D eigenvalue weighted by atomic mass is 32.1. The zero-order valence-corrected chi connectivity index (χ0v) is 18.9. The van der Waals surface area contributed by atoms with Gasteiger partial charge in [-0.05, 0) is 55.8 Å². The van der Waals surface area contributed by atoms with Crippen molar-refractivity contribution in [1.82, 2.24) is 4.98 Å². The maximum absolute atomic E-state index is 13.2. The number of ketones is 1. The van der Waals surface area contributed by atoms with Crippen LogP contribution in [0.3, 0.4) is 0 Å². The van der Waals surface area contributed by atoms with E-state index in [4.69, 9.17) is 9.47 Å². The first-order valence-electron chi connectivity index (χ1n) is 9.89. The van der Waals surface area contributed by atoms with Crippen LogP contribution in [0.15, 0.2) is 54.1 Å². The fourth-order valence-electron chi connectivity index (χ4n) is 3.62. The minimum absolute atomic E-state index is 0.000994. The van der Waals surface area contributed by atoms with Crippen LogP contribution in [0.1, 0.15) is 27.7 Å². The predicted molar refractivity (Wildman–Crippen MR) is 122 cm³/mol. The number of ether oxygens (including phenoxy) is 2. The van der Waals surface area contributed by atoms with Crippen molar-refractivity contribution in [2.75, 3.05) is 19.1 Å². The van der Waals surface area contributed by atoms with Gasteiger partial charge in [0, 0.05) is 10.4 Å². The van der Waals surface area contributed by atoms with Crippen molar-refractivity contribution in [3.8, 4) is 11.5 Å². The standard InChI is InChI=1S/C24H22N2O5S/c1-13-14(2)32-24(25-13)26-20(16-6-5-7-18(12-16)31-4)19(22(28)23(26)29)21(27)15-8-10-17(30-3)11-9-15/h5-12,20,27H,1-4H3. The topological polar surface area (TPSA) is 89.0 Å². The van der Waals surface area contributed by atoms with E-state index in [1.54, 1.807) is 62.8 Å². The number of aliphatic hydroxyl groups is 1. The Bertz CT molecular complexity index is 1210. The second-order valence-electron chi connectivity index (χ2n) is 7.31. The molecule has 7 nitrogen and oxygen atoms in total. The number of amides is 1. The lowest BCUT2D eigenvalue weighted by Crippen LogP contribution is -2.29. The maximum atomic E-state index is 13.2. The van der Waals surface area contributed by atoms with E-state index in [9.17, 15) is 14.7 Å². The molecule has 0 saturated carbocycles. The minimum Gasteiger partial charge on any atom is -0.507 e. The fraction of sp³-hybridized carbons (Fsp3) is 0.208. The van der Waals surface area contributed by atoms with Gasteiger partial charge < -0.3 is 14.6 Å². The van der Waals surface area contributed by atoms with E-state index in [0.29, 0.717) is 27.8 Å². The van der Waals surface area contributed by atoms with Crippen molar-refractivity contribution in [3.05, 3.63) is 75.8 Å². The summed E-state index contributed by atoms with van der Waals surface area (Å²) in [5.74, 6) is -0.575. The lowest BCUT2D eigenvalue weighted by atomic mass is 9.95. The molecule has 8 heteroatoms. The molecule has 0 radical (unpaired) electrons. The second-order valence-corrected chi connectivity index (χ2v) is 8.49. The molecule has 0 spiro atoms. The van der Waals surface area contributed by atoms with Gasteiger partial charge in [-0.15, -0.1) is 11.3 Å². The van der Waals surface area contributed by atoms with Crippen LogP contribution in [-0.4, -0.2) is 36.0 Å². The summed E-state index contributed by atoms with van der Waals surface area (Å²) in [5.41, 5.74) is 1.82. The third-order valence-corrected chi connectivity index (χ3v) is 6.51. The van der Waals surface area contributed by atoms with Crippen molar-refractivity contribution in [3.63, 3.8) is 0 Å². The molecule has 1 saturated heterocycles. The number of aryl methyl sites for hydroxylation is 2. The van der Waals surface area contributed by atoms with Crippen LogP contribution in [0.2, 0.25) is 0 Å². The number of carbonyl (C=O) groups excluding carboxylic acids is 2. The average Bonchev–Trinajstić information content (AvgIpc) is 3.28. The summed E-state index contributed by atoms with van der Waals surface area (Å²) >= 11 is 1.33. The van der Waals surface area contributed by atoms with Gasteiger partial charge in [0.15, 0.2) is 5.13 Å². The number of thiazole rings is 1. The highest BCUT2D eigenvalue weighted by Gasteiger charge is 2.48. The highest BCUT2D eigenvalue weighted by Crippen LogP contribution is 2.44. The van der Waals surface area contributed by atoms with Crippen molar-refractivity contribution in [2.24, 2.45) is 0 Å². The summed E-state index contributed by atoms with van der Waals surface area (Å²) in [5, 5.41) is 11.6. The van der Waals surface area contributed by atoms with Gasteiger partial charge in [-0.1, -0.05) is 12.1 Å². The molecule has 1 aliphatic heterocycles. The van der Waals surface area contributed by atoms with Crippen LogP contribution < -0.4 is 14.4 Å². The Hall–Kier alpha value is -3.65. The molecule has 0 bridgehead atoms. The molecule has 4 rings (SSSR count). The normalized spacial score (nSPS) is 17.6. The van der Waals surface area contributed by atoms with Gasteiger partial charge >= 0.3 is 5.91 Å². The Morgan fingerprint density at radius 3 is 2.31 bits per heavy atom. The molecule has 0 aliphatic carbocycles. The summed E-state index contributed by atoms with van der Waals surface area (Å²) in [6.07, 6.45) is 0. The van der Waals surface area contributed by atoms with Crippen molar-refractivity contribution >= 4 is 33.9 Å². The number of hydrogen-bond acceptors (Lipinski definition) is 7. The van der Waals surface area contributed by atoms with Crippen LogP contribution in [0.5, 0.6) is 11.5 Å². The van der Waals surface area contributed by atoms with Crippen LogP contribution in [0.4, 0.5) is 5.13 Å². The number of aromatic nitrogens is 1. The smallest absolute Gasteiger partial charge is 0.301 e. The lowest BCUT2D eigenvalue weighted by molar-refractivity contribution is -0.132. The Kier molecular flexibility index (Phi) is 5.71. The van der Waals surface area contributed by atoms with Crippen molar-refractivity contribution in [1.29, 1.82) is 0 Å². The number of Topliss-reactive ketones (excluding diaryl/α,β-unsaturated/α-hetero) is 1. The number of methoxy groups -OCH3 is 2. The summed E-state index contributed by atoms with van der Waals surface area (Å²) in [6, 6.07) is 12.9. The highest BCUT2D eigenvalue weighted by molar-refractivity contribution is 7.16. The van der Waals surface area contributed by atoms with Crippen molar-refractivity contribution in [2.45, 2.75) is 19.9 Å². The van der Waals surface area contributed by atoms with E-state index in [2.05, 4.69) is 4.98 Å². The Morgan fingerprint density at radius 2 is 1.72 bits per heavy atom. The van der Waals surface area contributed by atoms with Crippen LogP contribution in [-0.2, 0) is 9.59 Å². The van der Waals surface area contributed by atoms with E-state index < -0.39 is 17.7 Å². The molecule has 2 aromatic carbocycles. The van der Waals surface area contributed by atoms with Gasteiger partial charge in [-0.3, -0.25) is 14.5 Å². The van der Waals surface area contributed by atoms with E-state index >= 15 is 0 Å². The fourth-order valence-corrected chi connectivity index (χ4v) is 4.56. The summed E-state index contributed by atoms with van der Waals surface area (Å²) in [4.78, 5) is 33.1. The molecule has 1 aliphatic rings. The Morgan fingerprint density at radius 1 is 1.03 bits per heavy atom. The molecule has 1 N–H and O–H groups in total. The molecule has 1 amide bonds. The number of anilines is 1. The number of aliphatic hydroxyl groups excluding tert-OH is 1. The van der Waals surface area contributed by atoms with Gasteiger partial charge in [0.05, 0.1) is 31.5 Å². The van der Waals surface area contributed by atoms with Crippen LogP contribution in [0, 0.1) is 13.8 Å². The minimum atomic E-state index is -0.850. The van der Waals surface area contributed by atoms with Gasteiger partial charge in [0.1, 0.15) is 17.3 Å². The number of carbonyl (C=O) groups is 2. The zero-order valence-electron chi connectivity index (χ0n) is 18.1. The molecule has 2 heterocycles. The largest absolute Gasteiger partial charge is 0.507 e. The molecular formula is C24H22N2O5S. The number of nitrogens with zero attached hydrogens (tertiary/aromatic N) is 2. The SMILES string of the molecule is COc1ccc(C(O)=C2C(=O)C(=O)N(c3nc(C)c(C)s3)C2c2cccc(OC)c2)cc1. The first-order chi connectivity index (χ1) is 15.3. The Labute approximate surface area is 189 Å². The third kappa shape index (κ3) is 3.62. The van der Waals surface area contributed by atoms with Crippen molar-refractivity contribution < 1.29 is 24.2 Å². The number of hydrogen-bond donors (Lipinski definition) is 1. The average molecular weight is 451 g/mol. The molecule has 3 aromatic rings. The van der Waals surface area contributed by atoms with E-state index in [0.717, 1.165) is 10.6 Å². The third-order valence-electron chi connectivity index (χ3n) is 5.44. The Balaban J connectivity index is 1.93. The van der Waals surface area contributed by atoms with E-state index in [-0.39, 0.29) is 11.3 Å². The summed E-state index contributed by atoms with van der Waals surface area (Å²) < 4.78 is 10.5. The monoisotopic (exact) mass is 450 g/mol. The van der Waals surface area contributed by atoms with E-state index in [1.165, 1.54) is 16.2 Å². The predicted octanol–water partition coefficient (Wildman–Crippen LogP) is 4.40. The van der Waals surface area contributed by atoms with Gasteiger partial charge in [0.25, 0.3) is 5.78 Å². The van der Waals surface area contributed by atoms with Crippen LogP contribution >= 0.6 is 11.3 Å². The quantitative estimate of drug-likeness (QED) is 0.352. The van der Waals surface area contributed by atoms with Gasteiger partial charge in [0.2, 0.25) is 0 Å². The molecule has 1 fully saturated rings. The molecule has 32 heavy (non-hydrogen) atoms. The summed E-state index contributed by atoms with van der Waals surface area (Å²) in [6.45, 7) is 3.76. The first-order valence-corrected chi connectivity index (χ1v) is 10.7. The maximum Gasteiger partial charge on any atom is 0.301 e.